The normalized spacial score (nSPS) is 15.2. The summed E-state index contributed by atoms with van der Waals surface area (Å²) in [6.45, 7) is 0.839. The van der Waals surface area contributed by atoms with Crippen molar-refractivity contribution in [2.45, 2.75) is 25.3 Å². The summed E-state index contributed by atoms with van der Waals surface area (Å²) in [5.41, 5.74) is 3.98. The molecular formula is C18H21NO. The second kappa shape index (κ2) is 6.10. The van der Waals surface area contributed by atoms with E-state index in [-0.39, 0.29) is 0 Å². The zero-order valence-corrected chi connectivity index (χ0v) is 11.9. The van der Waals surface area contributed by atoms with E-state index in [9.17, 15) is 0 Å². The van der Waals surface area contributed by atoms with Gasteiger partial charge in [-0.1, -0.05) is 48.5 Å². The Labute approximate surface area is 120 Å². The van der Waals surface area contributed by atoms with Crippen molar-refractivity contribution in [3.8, 4) is 5.75 Å². The van der Waals surface area contributed by atoms with Gasteiger partial charge in [0.2, 0.25) is 0 Å². The van der Waals surface area contributed by atoms with Crippen LogP contribution in [0.5, 0.6) is 5.75 Å². The van der Waals surface area contributed by atoms with Crippen molar-refractivity contribution in [3.63, 3.8) is 0 Å². The number of hydrogen-bond acceptors (Lipinski definition) is 2. The Morgan fingerprint density at radius 1 is 1.10 bits per heavy atom. The Bertz CT molecular complexity index is 565. The average Bonchev–Trinajstić information content (AvgIpc) is 2.53. The molecular weight excluding hydrogens is 246 g/mol. The molecule has 20 heavy (non-hydrogen) atoms. The number of aryl methyl sites for hydroxylation is 1. The lowest BCUT2D eigenvalue weighted by Crippen LogP contribution is -2.21. The SMILES string of the molecule is CNC(Cc1ccccc1)c1cccc2c1OCCC2. The third-order valence-corrected chi connectivity index (χ3v) is 3.97. The van der Waals surface area contributed by atoms with E-state index in [0.717, 1.165) is 31.6 Å². The summed E-state index contributed by atoms with van der Waals surface area (Å²) in [6.07, 6.45) is 3.24. The molecule has 3 rings (SSSR count). The smallest absolute Gasteiger partial charge is 0.127 e. The first-order valence-electron chi connectivity index (χ1n) is 7.34. The van der Waals surface area contributed by atoms with Gasteiger partial charge in [-0.15, -0.1) is 0 Å². The summed E-state index contributed by atoms with van der Waals surface area (Å²) in [7, 11) is 2.02. The fourth-order valence-corrected chi connectivity index (χ4v) is 2.91. The van der Waals surface area contributed by atoms with Gasteiger partial charge in [-0.3, -0.25) is 0 Å². The van der Waals surface area contributed by atoms with Crippen LogP contribution in [0, 0.1) is 0 Å². The van der Waals surface area contributed by atoms with E-state index in [0.29, 0.717) is 6.04 Å². The number of nitrogens with one attached hydrogen (secondary N) is 1. The summed E-state index contributed by atoms with van der Waals surface area (Å²) in [5.74, 6) is 1.11. The van der Waals surface area contributed by atoms with E-state index in [2.05, 4.69) is 53.8 Å². The highest BCUT2D eigenvalue weighted by Crippen LogP contribution is 2.34. The molecule has 0 amide bonds. The van der Waals surface area contributed by atoms with Crippen LogP contribution in [0.25, 0.3) is 0 Å². The fraction of sp³-hybridized carbons (Fsp3) is 0.333. The van der Waals surface area contributed by atoms with Crippen LogP contribution < -0.4 is 10.1 Å². The summed E-state index contributed by atoms with van der Waals surface area (Å²) in [6, 6.07) is 17.4. The number of likely N-dealkylation sites (N-methyl/N-ethyl adjacent to an activating group) is 1. The lowest BCUT2D eigenvalue weighted by molar-refractivity contribution is 0.282. The monoisotopic (exact) mass is 267 g/mol. The second-order valence-electron chi connectivity index (χ2n) is 5.32. The van der Waals surface area contributed by atoms with Crippen molar-refractivity contribution in [1.29, 1.82) is 0 Å². The number of fused-ring (bicyclic) bond motifs is 1. The molecule has 0 aromatic heterocycles. The van der Waals surface area contributed by atoms with Crippen molar-refractivity contribution >= 4 is 0 Å². The van der Waals surface area contributed by atoms with Crippen LogP contribution in [0.15, 0.2) is 48.5 Å². The first kappa shape index (κ1) is 13.2. The van der Waals surface area contributed by atoms with E-state index >= 15 is 0 Å². The van der Waals surface area contributed by atoms with Crippen LogP contribution in [0.1, 0.15) is 29.2 Å². The zero-order valence-electron chi connectivity index (χ0n) is 11.9. The van der Waals surface area contributed by atoms with Gasteiger partial charge in [0.05, 0.1) is 6.61 Å². The van der Waals surface area contributed by atoms with Crippen LogP contribution in [-0.4, -0.2) is 13.7 Å². The maximum atomic E-state index is 5.94. The van der Waals surface area contributed by atoms with E-state index in [1.807, 2.05) is 7.05 Å². The van der Waals surface area contributed by atoms with Gasteiger partial charge in [0.15, 0.2) is 0 Å². The lowest BCUT2D eigenvalue weighted by atomic mass is 9.94. The Hall–Kier alpha value is -1.80. The van der Waals surface area contributed by atoms with E-state index in [1.54, 1.807) is 0 Å². The highest BCUT2D eigenvalue weighted by atomic mass is 16.5. The van der Waals surface area contributed by atoms with Gasteiger partial charge >= 0.3 is 0 Å². The molecule has 2 aromatic carbocycles. The first-order chi connectivity index (χ1) is 9.88. The van der Waals surface area contributed by atoms with Crippen molar-refractivity contribution in [3.05, 3.63) is 65.2 Å². The number of rotatable bonds is 4. The Morgan fingerprint density at radius 2 is 1.95 bits per heavy atom. The van der Waals surface area contributed by atoms with Crippen LogP contribution in [0.2, 0.25) is 0 Å². The van der Waals surface area contributed by atoms with Gasteiger partial charge < -0.3 is 10.1 Å². The fourth-order valence-electron chi connectivity index (χ4n) is 2.91. The van der Waals surface area contributed by atoms with E-state index in [4.69, 9.17) is 4.74 Å². The molecule has 1 atom stereocenters. The Morgan fingerprint density at radius 3 is 2.75 bits per heavy atom. The van der Waals surface area contributed by atoms with Gasteiger partial charge in [-0.05, 0) is 37.4 Å². The predicted molar refractivity (Wildman–Crippen MR) is 82.2 cm³/mol. The van der Waals surface area contributed by atoms with Gasteiger partial charge in [0.25, 0.3) is 0 Å². The van der Waals surface area contributed by atoms with Gasteiger partial charge in [0.1, 0.15) is 5.75 Å². The summed E-state index contributed by atoms with van der Waals surface area (Å²) < 4.78 is 5.94. The minimum absolute atomic E-state index is 0.297. The van der Waals surface area contributed by atoms with Gasteiger partial charge in [-0.2, -0.15) is 0 Å². The number of hydrogen-bond donors (Lipinski definition) is 1. The number of ether oxygens (including phenoxy) is 1. The summed E-state index contributed by atoms with van der Waals surface area (Å²) in [4.78, 5) is 0. The maximum absolute atomic E-state index is 5.94. The molecule has 2 heteroatoms. The van der Waals surface area contributed by atoms with E-state index < -0.39 is 0 Å². The standard InChI is InChI=1S/C18H21NO/c1-19-17(13-14-7-3-2-4-8-14)16-11-5-9-15-10-6-12-20-18(15)16/h2-5,7-9,11,17,19H,6,10,12-13H2,1H3. The number of para-hydroxylation sites is 1. The molecule has 0 saturated carbocycles. The molecule has 1 unspecified atom stereocenters. The topological polar surface area (TPSA) is 21.3 Å². The quantitative estimate of drug-likeness (QED) is 0.915. The Balaban J connectivity index is 1.90. The second-order valence-corrected chi connectivity index (χ2v) is 5.32. The van der Waals surface area contributed by atoms with Crippen molar-refractivity contribution < 1.29 is 4.74 Å². The highest BCUT2D eigenvalue weighted by Gasteiger charge is 2.20. The lowest BCUT2D eigenvalue weighted by Gasteiger charge is -2.25. The molecule has 0 saturated heterocycles. The van der Waals surface area contributed by atoms with Crippen LogP contribution >= 0.6 is 0 Å². The first-order valence-corrected chi connectivity index (χ1v) is 7.34. The van der Waals surface area contributed by atoms with Crippen LogP contribution in [-0.2, 0) is 12.8 Å². The molecule has 1 aliphatic rings. The third kappa shape index (κ3) is 2.70. The molecule has 0 fully saturated rings. The van der Waals surface area contributed by atoms with Crippen molar-refractivity contribution in [2.24, 2.45) is 0 Å². The highest BCUT2D eigenvalue weighted by molar-refractivity contribution is 5.45. The van der Waals surface area contributed by atoms with Gasteiger partial charge in [0, 0.05) is 11.6 Å². The molecule has 2 aromatic rings. The third-order valence-electron chi connectivity index (χ3n) is 3.97. The molecule has 0 aliphatic carbocycles. The number of benzene rings is 2. The largest absolute Gasteiger partial charge is 0.493 e. The van der Waals surface area contributed by atoms with Gasteiger partial charge in [-0.25, -0.2) is 0 Å². The Kier molecular flexibility index (Phi) is 4.03. The predicted octanol–water partition coefficient (Wildman–Crippen LogP) is 3.51. The summed E-state index contributed by atoms with van der Waals surface area (Å²) in [5, 5.41) is 3.44. The van der Waals surface area contributed by atoms with Crippen LogP contribution in [0.3, 0.4) is 0 Å². The van der Waals surface area contributed by atoms with E-state index in [1.165, 1.54) is 16.7 Å². The molecule has 1 N–H and O–H groups in total. The molecule has 0 bridgehead atoms. The maximum Gasteiger partial charge on any atom is 0.127 e. The van der Waals surface area contributed by atoms with Crippen molar-refractivity contribution in [2.75, 3.05) is 13.7 Å². The molecule has 104 valence electrons. The minimum Gasteiger partial charge on any atom is -0.493 e. The molecule has 0 radical (unpaired) electrons. The van der Waals surface area contributed by atoms with Crippen LogP contribution in [0.4, 0.5) is 0 Å². The van der Waals surface area contributed by atoms with Crippen molar-refractivity contribution in [1.82, 2.24) is 5.32 Å². The molecule has 1 aliphatic heterocycles. The molecule has 0 spiro atoms. The molecule has 1 heterocycles. The minimum atomic E-state index is 0.297. The zero-order chi connectivity index (χ0) is 13.8. The molecule has 2 nitrogen and oxygen atoms in total. The summed E-state index contributed by atoms with van der Waals surface area (Å²) >= 11 is 0. The average molecular weight is 267 g/mol.